The number of amides is 1. The van der Waals surface area contributed by atoms with Gasteiger partial charge in [-0.1, -0.05) is 48.5 Å². The van der Waals surface area contributed by atoms with Gasteiger partial charge in [-0.15, -0.1) is 0 Å². The molecule has 0 radical (unpaired) electrons. The second-order valence-electron chi connectivity index (χ2n) is 5.62. The highest BCUT2D eigenvalue weighted by Crippen LogP contribution is 2.13. The first-order chi connectivity index (χ1) is 12.7. The van der Waals surface area contributed by atoms with Crippen LogP contribution in [0, 0.1) is 0 Å². The fourth-order valence-corrected chi connectivity index (χ4v) is 2.39. The molecule has 3 aromatic rings. The second-order valence-corrected chi connectivity index (χ2v) is 5.62. The molecule has 0 atom stereocenters. The van der Waals surface area contributed by atoms with Crippen molar-refractivity contribution in [3.8, 4) is 17.0 Å². The number of carbonyl (C=O) groups excluding carboxylic acids is 1. The van der Waals surface area contributed by atoms with E-state index in [2.05, 4.69) is 10.3 Å². The van der Waals surface area contributed by atoms with E-state index in [9.17, 15) is 9.59 Å². The number of carbonyl (C=O) groups is 1. The Hall–Kier alpha value is -3.41. The highest BCUT2D eigenvalue weighted by molar-refractivity contribution is 5.77. The lowest BCUT2D eigenvalue weighted by Crippen LogP contribution is -2.33. The number of benzene rings is 2. The van der Waals surface area contributed by atoms with Gasteiger partial charge in [0, 0.05) is 24.7 Å². The summed E-state index contributed by atoms with van der Waals surface area (Å²) in [5, 5.41) is 2.72. The van der Waals surface area contributed by atoms with Crippen molar-refractivity contribution in [3.63, 3.8) is 0 Å². The van der Waals surface area contributed by atoms with Crippen LogP contribution >= 0.6 is 0 Å². The molecule has 0 saturated heterocycles. The summed E-state index contributed by atoms with van der Waals surface area (Å²) in [5.74, 6) is 0.398. The standard InChI is InChI=1S/C20H19N3O3/c24-19(14-26-17-9-5-2-6-10-17)21-11-12-23-15-22-18(13-20(23)25)16-7-3-1-4-8-16/h1-10,13,15H,11-12,14H2,(H,21,24). The summed E-state index contributed by atoms with van der Waals surface area (Å²) >= 11 is 0. The van der Waals surface area contributed by atoms with E-state index >= 15 is 0 Å². The zero-order valence-corrected chi connectivity index (χ0v) is 14.2. The molecule has 0 saturated carbocycles. The molecule has 6 heteroatoms. The van der Waals surface area contributed by atoms with Crippen LogP contribution in [0.25, 0.3) is 11.3 Å². The number of hydrogen-bond acceptors (Lipinski definition) is 4. The minimum Gasteiger partial charge on any atom is -0.484 e. The lowest BCUT2D eigenvalue weighted by atomic mass is 10.1. The number of hydrogen-bond donors (Lipinski definition) is 1. The van der Waals surface area contributed by atoms with Crippen molar-refractivity contribution < 1.29 is 9.53 Å². The molecule has 1 N–H and O–H groups in total. The lowest BCUT2D eigenvalue weighted by molar-refractivity contribution is -0.123. The van der Waals surface area contributed by atoms with Crippen molar-refractivity contribution in [3.05, 3.63) is 83.4 Å². The van der Waals surface area contributed by atoms with Gasteiger partial charge in [-0.25, -0.2) is 4.98 Å². The monoisotopic (exact) mass is 349 g/mol. The average molecular weight is 349 g/mol. The van der Waals surface area contributed by atoms with Gasteiger partial charge in [0.05, 0.1) is 12.0 Å². The van der Waals surface area contributed by atoms with E-state index in [-0.39, 0.29) is 18.1 Å². The Labute approximate surface area is 151 Å². The zero-order valence-electron chi connectivity index (χ0n) is 14.2. The van der Waals surface area contributed by atoms with Crippen LogP contribution in [0.4, 0.5) is 0 Å². The predicted octanol–water partition coefficient (Wildman–Crippen LogP) is 2.11. The third-order valence-corrected chi connectivity index (χ3v) is 3.74. The van der Waals surface area contributed by atoms with Gasteiger partial charge in [0.25, 0.3) is 11.5 Å². The van der Waals surface area contributed by atoms with Gasteiger partial charge in [-0.05, 0) is 12.1 Å². The normalized spacial score (nSPS) is 10.3. The van der Waals surface area contributed by atoms with Crippen molar-refractivity contribution in [2.24, 2.45) is 0 Å². The Kier molecular flexibility index (Phi) is 5.77. The number of ether oxygens (including phenoxy) is 1. The maximum absolute atomic E-state index is 12.2. The summed E-state index contributed by atoms with van der Waals surface area (Å²) in [6, 6.07) is 20.1. The molecule has 2 aromatic carbocycles. The zero-order chi connectivity index (χ0) is 18.2. The molecule has 6 nitrogen and oxygen atoms in total. The van der Waals surface area contributed by atoms with Crippen molar-refractivity contribution >= 4 is 5.91 Å². The molecule has 0 aliphatic rings. The van der Waals surface area contributed by atoms with Crippen molar-refractivity contribution in [2.45, 2.75) is 6.54 Å². The Bertz CT molecular complexity index is 908. The van der Waals surface area contributed by atoms with Crippen LogP contribution in [0.5, 0.6) is 5.75 Å². The van der Waals surface area contributed by atoms with Crippen LogP contribution in [0.1, 0.15) is 0 Å². The first kappa shape index (κ1) is 17.4. The predicted molar refractivity (Wildman–Crippen MR) is 98.9 cm³/mol. The molecule has 0 fully saturated rings. The maximum Gasteiger partial charge on any atom is 0.258 e. The maximum atomic E-state index is 12.2. The Morgan fingerprint density at radius 3 is 2.42 bits per heavy atom. The van der Waals surface area contributed by atoms with E-state index in [0.717, 1.165) is 5.56 Å². The van der Waals surface area contributed by atoms with E-state index < -0.39 is 0 Å². The Morgan fingerprint density at radius 2 is 1.73 bits per heavy atom. The van der Waals surface area contributed by atoms with E-state index in [1.54, 1.807) is 12.1 Å². The summed E-state index contributed by atoms with van der Waals surface area (Å²) in [6.07, 6.45) is 1.50. The first-order valence-electron chi connectivity index (χ1n) is 8.29. The molecule has 0 bridgehead atoms. The molecule has 0 spiro atoms. The molecular weight excluding hydrogens is 330 g/mol. The molecule has 1 heterocycles. The molecule has 0 aliphatic carbocycles. The van der Waals surface area contributed by atoms with Crippen molar-refractivity contribution in [1.29, 1.82) is 0 Å². The fourth-order valence-electron chi connectivity index (χ4n) is 2.39. The quantitative estimate of drug-likeness (QED) is 0.709. The molecule has 132 valence electrons. The van der Waals surface area contributed by atoms with E-state index in [1.165, 1.54) is 17.0 Å². The summed E-state index contributed by atoms with van der Waals surface area (Å²) < 4.78 is 6.83. The largest absolute Gasteiger partial charge is 0.484 e. The number of rotatable bonds is 7. The van der Waals surface area contributed by atoms with Gasteiger partial charge >= 0.3 is 0 Å². The van der Waals surface area contributed by atoms with Gasteiger partial charge in [0.2, 0.25) is 0 Å². The highest BCUT2D eigenvalue weighted by Gasteiger charge is 2.05. The van der Waals surface area contributed by atoms with Crippen molar-refractivity contribution in [2.75, 3.05) is 13.2 Å². The summed E-state index contributed by atoms with van der Waals surface area (Å²) in [5.41, 5.74) is 1.36. The van der Waals surface area contributed by atoms with Crippen LogP contribution in [0.3, 0.4) is 0 Å². The van der Waals surface area contributed by atoms with Crippen LogP contribution in [-0.4, -0.2) is 28.6 Å². The van der Waals surface area contributed by atoms with Crippen LogP contribution < -0.4 is 15.6 Å². The van der Waals surface area contributed by atoms with Gasteiger partial charge < -0.3 is 10.1 Å². The fraction of sp³-hybridized carbons (Fsp3) is 0.150. The minimum atomic E-state index is -0.240. The van der Waals surface area contributed by atoms with Crippen LogP contribution in [-0.2, 0) is 11.3 Å². The number of aromatic nitrogens is 2. The van der Waals surface area contributed by atoms with Crippen LogP contribution in [0.2, 0.25) is 0 Å². The van der Waals surface area contributed by atoms with E-state index in [0.29, 0.717) is 24.5 Å². The molecular formula is C20H19N3O3. The average Bonchev–Trinajstić information content (AvgIpc) is 2.69. The van der Waals surface area contributed by atoms with Crippen molar-refractivity contribution in [1.82, 2.24) is 14.9 Å². The second kappa shape index (κ2) is 8.62. The summed E-state index contributed by atoms with van der Waals surface area (Å²) in [7, 11) is 0. The molecule has 1 aromatic heterocycles. The molecule has 3 rings (SSSR count). The number of nitrogens with zero attached hydrogens (tertiary/aromatic N) is 2. The minimum absolute atomic E-state index is 0.0654. The van der Waals surface area contributed by atoms with Crippen LogP contribution in [0.15, 0.2) is 77.9 Å². The molecule has 0 unspecified atom stereocenters. The number of nitrogens with one attached hydrogen (secondary N) is 1. The molecule has 1 amide bonds. The van der Waals surface area contributed by atoms with E-state index in [4.69, 9.17) is 4.74 Å². The van der Waals surface area contributed by atoms with Gasteiger partial charge in [0.1, 0.15) is 5.75 Å². The smallest absolute Gasteiger partial charge is 0.258 e. The summed E-state index contributed by atoms with van der Waals surface area (Å²) in [6.45, 7) is 0.603. The van der Waals surface area contributed by atoms with E-state index in [1.807, 2.05) is 48.5 Å². The summed E-state index contributed by atoms with van der Waals surface area (Å²) in [4.78, 5) is 28.3. The first-order valence-corrected chi connectivity index (χ1v) is 8.29. The van der Waals surface area contributed by atoms with Gasteiger partial charge in [0.15, 0.2) is 6.61 Å². The highest BCUT2D eigenvalue weighted by atomic mass is 16.5. The molecule has 0 aliphatic heterocycles. The lowest BCUT2D eigenvalue weighted by Gasteiger charge is -2.09. The molecule has 26 heavy (non-hydrogen) atoms. The third-order valence-electron chi connectivity index (χ3n) is 3.74. The van der Waals surface area contributed by atoms with Gasteiger partial charge in [-0.2, -0.15) is 0 Å². The third kappa shape index (κ3) is 4.80. The topological polar surface area (TPSA) is 73.2 Å². The Balaban J connectivity index is 1.49. The van der Waals surface area contributed by atoms with Gasteiger partial charge in [-0.3, -0.25) is 14.2 Å². The number of para-hydroxylation sites is 1. The Morgan fingerprint density at radius 1 is 1.04 bits per heavy atom. The SMILES string of the molecule is O=C(COc1ccccc1)NCCn1cnc(-c2ccccc2)cc1=O.